The molecule has 0 saturated heterocycles. The number of likely N-dealkylation sites (N-methyl/N-ethyl adjacent to an activating group) is 1. The zero-order valence-corrected chi connectivity index (χ0v) is 26.9. The Hall–Kier alpha value is -2.71. The number of ether oxygens (including phenoxy) is 3. The summed E-state index contributed by atoms with van der Waals surface area (Å²) in [5.74, 6) is -1.61. The van der Waals surface area contributed by atoms with Crippen molar-refractivity contribution in [3.05, 3.63) is 48.6 Å². The number of rotatable bonds is 26. The van der Waals surface area contributed by atoms with Crippen LogP contribution in [0.4, 0.5) is 0 Å². The standard InChI is InChI=1S/C34H57NO7/c1-6-8-10-12-14-15-16-17-19-20-22-24-32(36)41-29-30(28-40-27-26-31(34(38)39)35(3,4)5)42-33(37)25-23-21-18-13-11-9-7-2/h9,11-12,14-16,18,21,30-31H,6-8,10,13,17,19-20,22-29H2,1-5H3/p+1/b11-9+,14-12+,16-15+,21-18+. The van der Waals surface area contributed by atoms with Crippen LogP contribution in [0.15, 0.2) is 48.6 Å². The number of carboxylic acid groups (broad SMARTS) is 1. The number of carbonyl (C=O) groups excluding carboxylic acids is 2. The maximum absolute atomic E-state index is 12.4. The van der Waals surface area contributed by atoms with Gasteiger partial charge in [-0.1, -0.05) is 81.7 Å². The van der Waals surface area contributed by atoms with Gasteiger partial charge in [0.1, 0.15) is 6.61 Å². The summed E-state index contributed by atoms with van der Waals surface area (Å²) in [6.45, 7) is 4.39. The van der Waals surface area contributed by atoms with E-state index in [0.29, 0.717) is 19.3 Å². The highest BCUT2D eigenvalue weighted by Crippen LogP contribution is 2.10. The fraction of sp³-hybridized carbons (Fsp3) is 0.676. The molecule has 2 unspecified atom stereocenters. The Bertz CT molecular complexity index is 839. The Morgan fingerprint density at radius 3 is 2.10 bits per heavy atom. The molecule has 0 spiro atoms. The van der Waals surface area contributed by atoms with E-state index in [4.69, 9.17) is 14.2 Å². The SMILES string of the molecule is CC/C=C/C/C=C/CCC(=O)OC(COCCC(C(=O)O)[N+](C)(C)C)COC(=O)CCCCC/C=C/C=C/CCCC. The Kier molecular flexibility index (Phi) is 24.3. The number of aliphatic carboxylic acids is 1. The average Bonchev–Trinajstić information content (AvgIpc) is 2.92. The van der Waals surface area contributed by atoms with Crippen molar-refractivity contribution < 1.29 is 38.2 Å². The number of carboxylic acids is 1. The number of hydrogen-bond acceptors (Lipinski definition) is 6. The van der Waals surface area contributed by atoms with Crippen molar-refractivity contribution in [2.24, 2.45) is 0 Å². The molecule has 0 aromatic heterocycles. The van der Waals surface area contributed by atoms with E-state index in [0.717, 1.165) is 44.9 Å². The van der Waals surface area contributed by atoms with Gasteiger partial charge in [-0.2, -0.15) is 0 Å². The van der Waals surface area contributed by atoms with Gasteiger partial charge in [-0.15, -0.1) is 0 Å². The molecule has 42 heavy (non-hydrogen) atoms. The molecular weight excluding hydrogens is 534 g/mol. The molecule has 0 fully saturated rings. The average molecular weight is 593 g/mol. The highest BCUT2D eigenvalue weighted by Gasteiger charge is 2.31. The van der Waals surface area contributed by atoms with Crippen molar-refractivity contribution in [2.75, 3.05) is 41.0 Å². The highest BCUT2D eigenvalue weighted by molar-refractivity contribution is 5.72. The maximum Gasteiger partial charge on any atom is 0.362 e. The molecule has 1 N–H and O–H groups in total. The third kappa shape index (κ3) is 23.9. The van der Waals surface area contributed by atoms with Crippen molar-refractivity contribution in [2.45, 2.75) is 109 Å². The third-order valence-electron chi connectivity index (χ3n) is 6.50. The first-order valence-electron chi connectivity index (χ1n) is 15.7. The fourth-order valence-corrected chi connectivity index (χ4v) is 4.01. The van der Waals surface area contributed by atoms with Crippen LogP contribution in [-0.2, 0) is 28.6 Å². The lowest BCUT2D eigenvalue weighted by Gasteiger charge is -2.31. The molecule has 0 aliphatic carbocycles. The number of esters is 2. The van der Waals surface area contributed by atoms with Crippen molar-refractivity contribution in [1.82, 2.24) is 0 Å². The Balaban J connectivity index is 4.60. The monoisotopic (exact) mass is 592 g/mol. The van der Waals surface area contributed by atoms with Crippen LogP contribution in [0.5, 0.6) is 0 Å². The van der Waals surface area contributed by atoms with Crippen LogP contribution in [0, 0.1) is 0 Å². The van der Waals surface area contributed by atoms with Crippen LogP contribution in [0.25, 0.3) is 0 Å². The van der Waals surface area contributed by atoms with Gasteiger partial charge in [0.2, 0.25) is 0 Å². The molecule has 0 aromatic carbocycles. The lowest BCUT2D eigenvalue weighted by molar-refractivity contribution is -0.887. The predicted octanol–water partition coefficient (Wildman–Crippen LogP) is 6.95. The second-order valence-corrected chi connectivity index (χ2v) is 11.4. The second kappa shape index (κ2) is 26.0. The first-order chi connectivity index (χ1) is 20.1. The Labute approximate surface area is 255 Å². The zero-order valence-electron chi connectivity index (χ0n) is 26.9. The van der Waals surface area contributed by atoms with Gasteiger partial charge in [-0.25, -0.2) is 4.79 Å². The predicted molar refractivity (Wildman–Crippen MR) is 169 cm³/mol. The van der Waals surface area contributed by atoms with Crippen LogP contribution < -0.4 is 0 Å². The van der Waals surface area contributed by atoms with Crippen LogP contribution >= 0.6 is 0 Å². The van der Waals surface area contributed by atoms with Gasteiger partial charge >= 0.3 is 17.9 Å². The first-order valence-corrected chi connectivity index (χ1v) is 15.7. The summed E-state index contributed by atoms with van der Waals surface area (Å²) in [7, 11) is 5.46. The number of unbranched alkanes of at least 4 members (excludes halogenated alkanes) is 5. The molecule has 0 aliphatic heterocycles. The summed E-state index contributed by atoms with van der Waals surface area (Å²) in [6.07, 6.45) is 26.3. The molecule has 8 heteroatoms. The topological polar surface area (TPSA) is 99.1 Å². The molecule has 0 bridgehead atoms. The Morgan fingerprint density at radius 1 is 0.762 bits per heavy atom. The zero-order chi connectivity index (χ0) is 31.5. The van der Waals surface area contributed by atoms with Crippen molar-refractivity contribution in [3.8, 4) is 0 Å². The van der Waals surface area contributed by atoms with E-state index in [2.05, 4.69) is 50.3 Å². The van der Waals surface area contributed by atoms with Gasteiger partial charge in [0, 0.05) is 19.3 Å². The molecule has 0 heterocycles. The summed E-state index contributed by atoms with van der Waals surface area (Å²) >= 11 is 0. The summed E-state index contributed by atoms with van der Waals surface area (Å²) in [5.41, 5.74) is 0. The Morgan fingerprint density at radius 2 is 1.45 bits per heavy atom. The van der Waals surface area contributed by atoms with Crippen molar-refractivity contribution in [1.29, 1.82) is 0 Å². The van der Waals surface area contributed by atoms with Gasteiger partial charge in [-0.3, -0.25) is 9.59 Å². The number of allylic oxidation sites excluding steroid dienone is 8. The summed E-state index contributed by atoms with van der Waals surface area (Å²) in [5, 5.41) is 9.51. The summed E-state index contributed by atoms with van der Waals surface area (Å²) < 4.78 is 16.9. The number of quaternary nitrogens is 1. The second-order valence-electron chi connectivity index (χ2n) is 11.4. The molecule has 0 aliphatic rings. The minimum Gasteiger partial charge on any atom is -0.477 e. The molecule has 8 nitrogen and oxygen atoms in total. The molecule has 0 radical (unpaired) electrons. The summed E-state index contributed by atoms with van der Waals surface area (Å²) in [6, 6.07) is -0.625. The normalized spacial score (nSPS) is 13.8. The van der Waals surface area contributed by atoms with Gasteiger partial charge in [0.15, 0.2) is 12.1 Å². The maximum atomic E-state index is 12.4. The van der Waals surface area contributed by atoms with E-state index in [-0.39, 0.29) is 36.7 Å². The van der Waals surface area contributed by atoms with Crippen molar-refractivity contribution in [3.63, 3.8) is 0 Å². The smallest absolute Gasteiger partial charge is 0.362 e. The van der Waals surface area contributed by atoms with Gasteiger partial charge in [0.05, 0.1) is 34.4 Å². The first kappa shape index (κ1) is 39.3. The van der Waals surface area contributed by atoms with Crippen LogP contribution in [0.3, 0.4) is 0 Å². The minimum absolute atomic E-state index is 0.0272. The molecule has 0 amide bonds. The molecule has 0 saturated carbocycles. The van der Waals surface area contributed by atoms with Gasteiger partial charge in [-0.05, 0) is 44.9 Å². The summed E-state index contributed by atoms with van der Waals surface area (Å²) in [4.78, 5) is 36.3. The van der Waals surface area contributed by atoms with Crippen LogP contribution in [0.1, 0.15) is 97.3 Å². The van der Waals surface area contributed by atoms with E-state index in [1.807, 2.05) is 33.3 Å². The fourth-order valence-electron chi connectivity index (χ4n) is 4.01. The number of nitrogens with zero attached hydrogens (tertiary/aromatic N) is 1. The van der Waals surface area contributed by atoms with Crippen LogP contribution in [-0.4, -0.2) is 80.6 Å². The quantitative estimate of drug-likeness (QED) is 0.0381. The van der Waals surface area contributed by atoms with E-state index in [1.54, 1.807) is 0 Å². The molecule has 240 valence electrons. The van der Waals surface area contributed by atoms with Gasteiger partial charge < -0.3 is 23.8 Å². The highest BCUT2D eigenvalue weighted by atomic mass is 16.6. The molecule has 0 rings (SSSR count). The van der Waals surface area contributed by atoms with Gasteiger partial charge in [0.25, 0.3) is 0 Å². The molecule has 0 aromatic rings. The van der Waals surface area contributed by atoms with E-state index >= 15 is 0 Å². The third-order valence-corrected chi connectivity index (χ3v) is 6.50. The number of carbonyl (C=O) groups is 3. The lowest BCUT2D eigenvalue weighted by Crippen LogP contribution is -2.50. The lowest BCUT2D eigenvalue weighted by atomic mass is 10.1. The van der Waals surface area contributed by atoms with Crippen molar-refractivity contribution >= 4 is 17.9 Å². The largest absolute Gasteiger partial charge is 0.477 e. The van der Waals surface area contributed by atoms with E-state index in [1.165, 1.54) is 12.8 Å². The van der Waals surface area contributed by atoms with E-state index < -0.39 is 24.1 Å². The molecule has 2 atom stereocenters. The molecular formula is C34H58NO7+. The van der Waals surface area contributed by atoms with E-state index in [9.17, 15) is 19.5 Å². The minimum atomic E-state index is -0.892. The number of hydrogen-bond donors (Lipinski definition) is 1. The van der Waals surface area contributed by atoms with Crippen LogP contribution in [0.2, 0.25) is 0 Å².